The van der Waals surface area contributed by atoms with E-state index in [0.29, 0.717) is 17.8 Å². The monoisotopic (exact) mass is 353 g/mol. The highest BCUT2D eigenvalue weighted by Crippen LogP contribution is 2.20. The van der Waals surface area contributed by atoms with Gasteiger partial charge in [0.1, 0.15) is 0 Å². The second-order valence-electron chi connectivity index (χ2n) is 6.36. The first-order chi connectivity index (χ1) is 12.4. The van der Waals surface area contributed by atoms with Gasteiger partial charge < -0.3 is 10.6 Å². The first kappa shape index (κ1) is 19.7. The molecule has 0 aliphatic heterocycles. The fraction of sp³-hybridized carbons (Fsp3) is 0.333. The maximum Gasteiger partial charge on any atom is 0.255 e. The largest absolute Gasteiger partial charge is 0.325 e. The predicted molar refractivity (Wildman–Crippen MR) is 107 cm³/mol. The zero-order valence-electron chi connectivity index (χ0n) is 15.9. The van der Waals surface area contributed by atoms with E-state index in [0.717, 1.165) is 29.9 Å². The van der Waals surface area contributed by atoms with Crippen LogP contribution in [0.25, 0.3) is 0 Å². The number of benzene rings is 2. The lowest BCUT2D eigenvalue weighted by Crippen LogP contribution is -2.33. The molecule has 5 nitrogen and oxygen atoms in total. The Kier molecular flexibility index (Phi) is 6.92. The number of hydrogen-bond donors (Lipinski definition) is 2. The van der Waals surface area contributed by atoms with Crippen LogP contribution < -0.4 is 10.6 Å². The van der Waals surface area contributed by atoms with Crippen LogP contribution >= 0.6 is 0 Å². The van der Waals surface area contributed by atoms with Gasteiger partial charge in [0.2, 0.25) is 5.91 Å². The number of hydrogen-bond acceptors (Lipinski definition) is 3. The quantitative estimate of drug-likeness (QED) is 0.795. The molecular formula is C21H27N3O2. The molecule has 26 heavy (non-hydrogen) atoms. The van der Waals surface area contributed by atoms with Crippen molar-refractivity contribution in [2.24, 2.45) is 0 Å². The maximum atomic E-state index is 12.3. The summed E-state index contributed by atoms with van der Waals surface area (Å²) < 4.78 is 0. The van der Waals surface area contributed by atoms with Gasteiger partial charge in [0.05, 0.1) is 6.54 Å². The number of anilines is 2. The lowest BCUT2D eigenvalue weighted by Gasteiger charge is -2.18. The summed E-state index contributed by atoms with van der Waals surface area (Å²) >= 11 is 0. The molecule has 0 spiro atoms. The summed E-state index contributed by atoms with van der Waals surface area (Å²) in [4.78, 5) is 26.5. The van der Waals surface area contributed by atoms with Crippen LogP contribution in [0.3, 0.4) is 0 Å². The fourth-order valence-corrected chi connectivity index (χ4v) is 2.71. The van der Waals surface area contributed by atoms with Crippen LogP contribution in [0.1, 0.15) is 35.3 Å². The van der Waals surface area contributed by atoms with E-state index in [-0.39, 0.29) is 11.8 Å². The second kappa shape index (κ2) is 9.15. The maximum absolute atomic E-state index is 12.3. The van der Waals surface area contributed by atoms with Crippen LogP contribution in [0.4, 0.5) is 11.4 Å². The highest BCUT2D eigenvalue weighted by atomic mass is 16.2. The Morgan fingerprint density at radius 3 is 2.31 bits per heavy atom. The number of nitrogens with zero attached hydrogens (tertiary/aromatic N) is 1. The molecule has 5 heteroatoms. The van der Waals surface area contributed by atoms with Gasteiger partial charge in [0.25, 0.3) is 5.91 Å². The summed E-state index contributed by atoms with van der Waals surface area (Å²) in [5, 5.41) is 5.83. The third kappa shape index (κ3) is 5.43. The first-order valence-electron chi connectivity index (χ1n) is 8.93. The van der Waals surface area contributed by atoms with Crippen LogP contribution in [0.5, 0.6) is 0 Å². The van der Waals surface area contributed by atoms with Crippen molar-refractivity contribution in [3.05, 3.63) is 59.2 Å². The number of amides is 2. The summed E-state index contributed by atoms with van der Waals surface area (Å²) in [6.45, 7) is 9.99. The Balaban J connectivity index is 2.02. The third-order valence-electron chi connectivity index (χ3n) is 4.30. The van der Waals surface area contributed by atoms with E-state index in [1.165, 1.54) is 0 Å². The highest BCUT2D eigenvalue weighted by Gasteiger charge is 2.11. The molecule has 0 fully saturated rings. The summed E-state index contributed by atoms with van der Waals surface area (Å²) in [5.41, 5.74) is 4.03. The molecule has 0 heterocycles. The van der Waals surface area contributed by atoms with Gasteiger partial charge in [-0.1, -0.05) is 31.5 Å². The predicted octanol–water partition coefficient (Wildman–Crippen LogP) is 3.84. The van der Waals surface area contributed by atoms with Gasteiger partial charge in [0, 0.05) is 16.9 Å². The molecule has 0 atom stereocenters. The van der Waals surface area contributed by atoms with Gasteiger partial charge in [-0.3, -0.25) is 14.5 Å². The second-order valence-corrected chi connectivity index (χ2v) is 6.36. The molecule has 0 aliphatic carbocycles. The summed E-state index contributed by atoms with van der Waals surface area (Å²) in [5.74, 6) is -0.181. The van der Waals surface area contributed by atoms with Crippen molar-refractivity contribution in [2.45, 2.75) is 27.7 Å². The van der Waals surface area contributed by atoms with Crippen LogP contribution in [-0.2, 0) is 4.79 Å². The molecule has 0 unspecified atom stereocenters. The number of likely N-dealkylation sites (N-methyl/N-ethyl adjacent to an activating group) is 1. The van der Waals surface area contributed by atoms with Crippen molar-refractivity contribution in [1.82, 2.24) is 4.90 Å². The minimum absolute atomic E-state index is 0.0339. The van der Waals surface area contributed by atoms with Crippen LogP contribution in [-0.4, -0.2) is 36.3 Å². The van der Waals surface area contributed by atoms with Crippen molar-refractivity contribution in [2.75, 3.05) is 30.3 Å². The number of aryl methyl sites for hydroxylation is 2. The molecule has 138 valence electrons. The van der Waals surface area contributed by atoms with Gasteiger partial charge in [-0.05, 0) is 62.8 Å². The van der Waals surface area contributed by atoms with Crippen molar-refractivity contribution >= 4 is 23.2 Å². The highest BCUT2D eigenvalue weighted by molar-refractivity contribution is 6.04. The smallest absolute Gasteiger partial charge is 0.255 e. The van der Waals surface area contributed by atoms with E-state index in [1.54, 1.807) is 12.1 Å². The summed E-state index contributed by atoms with van der Waals surface area (Å²) in [7, 11) is 0. The molecule has 2 aromatic carbocycles. The Labute approximate surface area is 155 Å². The van der Waals surface area contributed by atoms with E-state index in [1.807, 2.05) is 58.0 Å². The lowest BCUT2D eigenvalue weighted by atomic mass is 10.1. The van der Waals surface area contributed by atoms with Gasteiger partial charge >= 0.3 is 0 Å². The average Bonchev–Trinajstić information content (AvgIpc) is 2.62. The van der Waals surface area contributed by atoms with Crippen LogP contribution in [0, 0.1) is 13.8 Å². The molecule has 2 aromatic rings. The molecule has 2 N–H and O–H groups in total. The Hall–Kier alpha value is -2.66. The Bertz CT molecular complexity index is 783. The van der Waals surface area contributed by atoms with Crippen molar-refractivity contribution < 1.29 is 9.59 Å². The van der Waals surface area contributed by atoms with Crippen molar-refractivity contribution in [1.29, 1.82) is 0 Å². The van der Waals surface area contributed by atoms with Gasteiger partial charge in [-0.25, -0.2) is 0 Å². The van der Waals surface area contributed by atoms with E-state index in [4.69, 9.17) is 0 Å². The topological polar surface area (TPSA) is 61.4 Å². The summed E-state index contributed by atoms with van der Waals surface area (Å²) in [6.07, 6.45) is 0. The zero-order chi connectivity index (χ0) is 19.1. The Morgan fingerprint density at radius 1 is 0.962 bits per heavy atom. The van der Waals surface area contributed by atoms with E-state index in [2.05, 4.69) is 15.5 Å². The molecule has 0 saturated heterocycles. The van der Waals surface area contributed by atoms with E-state index >= 15 is 0 Å². The number of carbonyl (C=O) groups excluding carboxylic acids is 2. The fourth-order valence-electron chi connectivity index (χ4n) is 2.71. The van der Waals surface area contributed by atoms with E-state index in [9.17, 15) is 9.59 Å². The van der Waals surface area contributed by atoms with Crippen LogP contribution in [0.15, 0.2) is 42.5 Å². The first-order valence-corrected chi connectivity index (χ1v) is 8.93. The molecule has 0 aliphatic rings. The van der Waals surface area contributed by atoms with Crippen molar-refractivity contribution in [3.8, 4) is 0 Å². The standard InChI is InChI=1S/C21H27N3O2/c1-5-24(6-2)14-20(25)23-19-11-10-18(13-16(19)4)22-21(26)17-9-7-8-15(3)12-17/h7-13H,5-6,14H2,1-4H3,(H,22,26)(H,23,25). The lowest BCUT2D eigenvalue weighted by molar-refractivity contribution is -0.117. The van der Waals surface area contributed by atoms with E-state index < -0.39 is 0 Å². The molecular weight excluding hydrogens is 326 g/mol. The molecule has 2 amide bonds. The molecule has 0 saturated carbocycles. The van der Waals surface area contributed by atoms with Crippen molar-refractivity contribution in [3.63, 3.8) is 0 Å². The summed E-state index contributed by atoms with van der Waals surface area (Å²) in [6, 6.07) is 12.9. The minimum Gasteiger partial charge on any atom is -0.325 e. The minimum atomic E-state index is -0.147. The molecule has 2 rings (SSSR count). The zero-order valence-corrected chi connectivity index (χ0v) is 15.9. The molecule has 0 aromatic heterocycles. The van der Waals surface area contributed by atoms with Gasteiger partial charge in [0.15, 0.2) is 0 Å². The van der Waals surface area contributed by atoms with Crippen LogP contribution in [0.2, 0.25) is 0 Å². The van der Waals surface area contributed by atoms with Gasteiger partial charge in [-0.2, -0.15) is 0 Å². The normalized spacial score (nSPS) is 10.7. The molecule has 0 radical (unpaired) electrons. The third-order valence-corrected chi connectivity index (χ3v) is 4.30. The number of rotatable bonds is 7. The molecule has 0 bridgehead atoms. The SMILES string of the molecule is CCN(CC)CC(=O)Nc1ccc(NC(=O)c2cccc(C)c2)cc1C. The van der Waals surface area contributed by atoms with Gasteiger partial charge in [-0.15, -0.1) is 0 Å². The average molecular weight is 353 g/mol. The number of nitrogens with one attached hydrogen (secondary N) is 2. The Morgan fingerprint density at radius 2 is 1.69 bits per heavy atom. The number of carbonyl (C=O) groups is 2.